The molecule has 11 nitrogen and oxygen atoms in total. The van der Waals surface area contributed by atoms with Crippen LogP contribution in [0.15, 0.2) is 72.8 Å². The monoisotopic (exact) mass is 569 g/mol. The standard InChI is InChI=1S/C31H27N3O8/c1-41-21-10-11-25(34(39)40)24(15-21)32-26(35)16-42-31(38)18-8-5-9-20(12-18)33-29(36)27-19-13-22(17-6-3-2-4-7-17)23(14-19)28(27)30(33)37/h2-12,15,19,22-23,27-28H,13-14,16H2,1H3,(H,32,35)/t19-,22-,23+,27+,28+/m0/s1. The molecule has 1 heterocycles. The van der Waals surface area contributed by atoms with Gasteiger partial charge in [0, 0.05) is 12.1 Å². The van der Waals surface area contributed by atoms with Gasteiger partial charge in [-0.2, -0.15) is 0 Å². The number of hydrogen-bond donors (Lipinski definition) is 1. The maximum absolute atomic E-state index is 13.6. The van der Waals surface area contributed by atoms with Crippen molar-refractivity contribution in [3.05, 3.63) is 94.0 Å². The number of fused-ring (bicyclic) bond motifs is 5. The van der Waals surface area contributed by atoms with Crippen molar-refractivity contribution >= 4 is 40.8 Å². The fourth-order valence-electron chi connectivity index (χ4n) is 6.87. The van der Waals surface area contributed by atoms with Crippen molar-refractivity contribution in [3.8, 4) is 5.75 Å². The van der Waals surface area contributed by atoms with Gasteiger partial charge in [-0.05, 0) is 60.4 Å². The number of nitro groups is 1. The van der Waals surface area contributed by atoms with Crippen molar-refractivity contribution < 1.29 is 33.6 Å². The first-order chi connectivity index (χ1) is 20.3. The Morgan fingerprint density at radius 3 is 2.48 bits per heavy atom. The van der Waals surface area contributed by atoms with Crippen LogP contribution in [0.25, 0.3) is 0 Å². The SMILES string of the molecule is COc1ccc([N+](=O)[O-])c(NC(=O)COC(=O)c2cccc(N3C(=O)[C@@H]4[C@@H]5C[C@@H]([C@H]4C3=O)[C@H](c3ccccc3)C5)c2)c1. The average molecular weight is 570 g/mol. The predicted molar refractivity (Wildman–Crippen MR) is 150 cm³/mol. The van der Waals surface area contributed by atoms with E-state index in [2.05, 4.69) is 17.4 Å². The number of anilines is 2. The quantitative estimate of drug-likeness (QED) is 0.183. The van der Waals surface area contributed by atoms with E-state index in [1.54, 1.807) is 12.1 Å². The summed E-state index contributed by atoms with van der Waals surface area (Å²) in [5.74, 6) is -2.12. The van der Waals surface area contributed by atoms with Crippen LogP contribution in [-0.4, -0.2) is 42.3 Å². The summed E-state index contributed by atoms with van der Waals surface area (Å²) in [7, 11) is 1.38. The molecule has 1 aliphatic heterocycles. The number of hydrogen-bond acceptors (Lipinski definition) is 8. The number of rotatable bonds is 8. The van der Waals surface area contributed by atoms with Crippen molar-refractivity contribution in [3.63, 3.8) is 0 Å². The summed E-state index contributed by atoms with van der Waals surface area (Å²) < 4.78 is 10.2. The fraction of sp³-hybridized carbons (Fsp3) is 0.290. The molecule has 3 aromatic carbocycles. The Labute approximate surface area is 240 Å². The molecule has 0 unspecified atom stereocenters. The Morgan fingerprint density at radius 1 is 0.976 bits per heavy atom. The number of carbonyl (C=O) groups is 4. The minimum Gasteiger partial charge on any atom is -0.497 e. The van der Waals surface area contributed by atoms with Gasteiger partial charge in [-0.15, -0.1) is 0 Å². The Morgan fingerprint density at radius 2 is 1.74 bits per heavy atom. The number of benzene rings is 3. The van der Waals surface area contributed by atoms with Gasteiger partial charge in [0.1, 0.15) is 11.4 Å². The third kappa shape index (κ3) is 4.66. The summed E-state index contributed by atoms with van der Waals surface area (Å²) in [6.45, 7) is -0.715. The van der Waals surface area contributed by atoms with Crippen LogP contribution < -0.4 is 15.0 Å². The molecule has 5 atom stereocenters. The molecule has 3 aliphatic rings. The zero-order chi connectivity index (χ0) is 29.5. The van der Waals surface area contributed by atoms with Crippen molar-refractivity contribution in [2.75, 3.05) is 23.9 Å². The number of ether oxygens (including phenoxy) is 2. The molecule has 0 spiro atoms. The van der Waals surface area contributed by atoms with Gasteiger partial charge in [0.2, 0.25) is 11.8 Å². The molecule has 11 heteroatoms. The average Bonchev–Trinajstić information content (AvgIpc) is 3.67. The minimum absolute atomic E-state index is 0.0513. The molecule has 1 saturated heterocycles. The summed E-state index contributed by atoms with van der Waals surface area (Å²) in [6, 6.07) is 20.0. The number of nitro benzene ring substituents is 1. The molecule has 0 aromatic heterocycles. The van der Waals surface area contributed by atoms with Crippen molar-refractivity contribution in [1.82, 2.24) is 0 Å². The number of carbonyl (C=O) groups excluding carboxylic acids is 4. The first-order valence-corrected chi connectivity index (χ1v) is 13.6. The summed E-state index contributed by atoms with van der Waals surface area (Å²) in [4.78, 5) is 64.2. The largest absolute Gasteiger partial charge is 0.497 e. The van der Waals surface area contributed by atoms with Crippen LogP contribution in [0.2, 0.25) is 0 Å². The first kappa shape index (κ1) is 27.1. The lowest BCUT2D eigenvalue weighted by Gasteiger charge is -2.28. The molecule has 1 N–H and O–H groups in total. The van der Waals surface area contributed by atoms with Crippen LogP contribution in [0.1, 0.15) is 34.7 Å². The zero-order valence-corrected chi connectivity index (χ0v) is 22.6. The molecule has 214 valence electrons. The molecule has 3 fully saturated rings. The third-order valence-corrected chi connectivity index (χ3v) is 8.59. The lowest BCUT2D eigenvalue weighted by Crippen LogP contribution is -2.33. The first-order valence-electron chi connectivity index (χ1n) is 13.6. The van der Waals surface area contributed by atoms with E-state index in [0.29, 0.717) is 5.75 Å². The van der Waals surface area contributed by atoms with Gasteiger partial charge in [0.25, 0.3) is 11.6 Å². The highest BCUT2D eigenvalue weighted by molar-refractivity contribution is 6.23. The molecular weight excluding hydrogens is 542 g/mol. The van der Waals surface area contributed by atoms with Gasteiger partial charge >= 0.3 is 5.97 Å². The summed E-state index contributed by atoms with van der Waals surface area (Å²) in [5, 5.41) is 13.7. The molecule has 2 bridgehead atoms. The lowest BCUT2D eigenvalue weighted by atomic mass is 9.73. The molecule has 3 amide bonds. The van der Waals surface area contributed by atoms with Crippen molar-refractivity contribution in [2.45, 2.75) is 18.8 Å². The number of nitrogens with zero attached hydrogens (tertiary/aromatic N) is 2. The summed E-state index contributed by atoms with van der Waals surface area (Å²) >= 11 is 0. The van der Waals surface area contributed by atoms with Crippen LogP contribution in [0.4, 0.5) is 17.1 Å². The van der Waals surface area contributed by atoms with E-state index < -0.39 is 23.4 Å². The zero-order valence-electron chi connectivity index (χ0n) is 22.6. The van der Waals surface area contributed by atoms with Crippen molar-refractivity contribution in [2.24, 2.45) is 23.7 Å². The van der Waals surface area contributed by atoms with Gasteiger partial charge in [-0.25, -0.2) is 4.79 Å². The Bertz CT molecular complexity index is 1610. The Kier molecular flexibility index (Phi) is 6.93. The predicted octanol–water partition coefficient (Wildman–Crippen LogP) is 4.33. The normalized spacial score (nSPS) is 23.9. The van der Waals surface area contributed by atoms with E-state index in [1.165, 1.54) is 47.9 Å². The molecule has 6 rings (SSSR count). The number of nitrogens with one attached hydrogen (secondary N) is 1. The minimum atomic E-state index is -0.851. The third-order valence-electron chi connectivity index (χ3n) is 8.59. The molecule has 42 heavy (non-hydrogen) atoms. The second-order valence-corrected chi connectivity index (χ2v) is 10.8. The second-order valence-electron chi connectivity index (χ2n) is 10.8. The van der Waals surface area contributed by atoms with Crippen LogP contribution >= 0.6 is 0 Å². The number of methoxy groups -OCH3 is 1. The van der Waals surface area contributed by atoms with E-state index in [4.69, 9.17) is 9.47 Å². The van der Waals surface area contributed by atoms with E-state index in [1.807, 2.05) is 18.2 Å². The fourth-order valence-corrected chi connectivity index (χ4v) is 6.87. The van der Waals surface area contributed by atoms with Gasteiger partial charge in [-0.3, -0.25) is 29.4 Å². The van der Waals surface area contributed by atoms with Crippen LogP contribution in [-0.2, 0) is 19.1 Å². The maximum Gasteiger partial charge on any atom is 0.338 e. The van der Waals surface area contributed by atoms with Crippen LogP contribution in [0.3, 0.4) is 0 Å². The van der Waals surface area contributed by atoms with Crippen LogP contribution in [0, 0.1) is 33.8 Å². The van der Waals surface area contributed by atoms with E-state index in [9.17, 15) is 29.3 Å². The molecule has 2 saturated carbocycles. The number of amides is 3. The lowest BCUT2D eigenvalue weighted by molar-refractivity contribution is -0.383. The van der Waals surface area contributed by atoms with Crippen LogP contribution in [0.5, 0.6) is 5.75 Å². The number of imide groups is 1. The molecule has 3 aromatic rings. The molecular formula is C31H27N3O8. The highest BCUT2D eigenvalue weighted by atomic mass is 16.6. The van der Waals surface area contributed by atoms with E-state index >= 15 is 0 Å². The Hall–Kier alpha value is -5.06. The second kappa shape index (κ2) is 10.7. The van der Waals surface area contributed by atoms with Gasteiger partial charge in [-0.1, -0.05) is 36.4 Å². The summed E-state index contributed by atoms with van der Waals surface area (Å²) in [6.07, 6.45) is 1.73. The van der Waals surface area contributed by atoms with E-state index in [-0.39, 0.29) is 64.0 Å². The smallest absolute Gasteiger partial charge is 0.338 e. The van der Waals surface area contributed by atoms with Crippen molar-refractivity contribution in [1.29, 1.82) is 0 Å². The highest BCUT2D eigenvalue weighted by Crippen LogP contribution is 2.61. The summed E-state index contributed by atoms with van der Waals surface area (Å²) in [5.41, 5.74) is 1.06. The van der Waals surface area contributed by atoms with E-state index in [0.717, 1.165) is 12.8 Å². The topological polar surface area (TPSA) is 145 Å². The Balaban J connectivity index is 1.13. The maximum atomic E-state index is 13.6. The van der Waals surface area contributed by atoms with Gasteiger partial charge in [0.05, 0.1) is 35.1 Å². The van der Waals surface area contributed by atoms with Gasteiger partial charge < -0.3 is 14.8 Å². The number of esters is 1. The highest BCUT2D eigenvalue weighted by Gasteiger charge is 2.64. The molecule has 0 radical (unpaired) electrons. The molecule has 2 aliphatic carbocycles. The van der Waals surface area contributed by atoms with Gasteiger partial charge in [0.15, 0.2) is 6.61 Å².